The molecule has 0 saturated carbocycles. The molecule has 0 saturated heterocycles. The molecule has 0 aliphatic carbocycles. The van der Waals surface area contributed by atoms with E-state index in [0.717, 1.165) is 0 Å². The molecule has 0 aromatic heterocycles. The Hall–Kier alpha value is -0.300. The summed E-state index contributed by atoms with van der Waals surface area (Å²) in [6, 6.07) is 0.636. The van der Waals surface area contributed by atoms with E-state index in [-0.39, 0.29) is 0 Å². The van der Waals surface area contributed by atoms with Crippen LogP contribution in [0.5, 0.6) is 0 Å². The lowest BCUT2D eigenvalue weighted by atomic mass is 10.1. The normalized spacial score (nSPS) is 12.5. The van der Waals surface area contributed by atoms with Crippen molar-refractivity contribution >= 4 is 0 Å². The standard InChI is InChI=1S/C13H27N/c1-5-9-13(4)10-7-6-8-11-14-12(2)3/h9,12,14H,5-8,10-11H2,1-4H3/b13-9-. The zero-order chi connectivity index (χ0) is 10.8. The molecule has 0 rings (SSSR count). The summed E-state index contributed by atoms with van der Waals surface area (Å²) < 4.78 is 0. The van der Waals surface area contributed by atoms with Gasteiger partial charge in [0.2, 0.25) is 0 Å². The number of unbranched alkanes of at least 4 members (excludes halogenated alkanes) is 2. The van der Waals surface area contributed by atoms with Crippen LogP contribution >= 0.6 is 0 Å². The predicted molar refractivity (Wildman–Crippen MR) is 65.7 cm³/mol. The first-order valence-corrected chi connectivity index (χ1v) is 6.05. The van der Waals surface area contributed by atoms with E-state index in [1.807, 2.05) is 0 Å². The summed E-state index contributed by atoms with van der Waals surface area (Å²) in [5, 5.41) is 3.44. The summed E-state index contributed by atoms with van der Waals surface area (Å²) in [5.74, 6) is 0. The Morgan fingerprint density at radius 2 is 1.93 bits per heavy atom. The molecule has 0 unspecified atom stereocenters. The average Bonchev–Trinajstić information content (AvgIpc) is 2.11. The molecule has 1 nitrogen and oxygen atoms in total. The first-order valence-electron chi connectivity index (χ1n) is 6.05. The van der Waals surface area contributed by atoms with Gasteiger partial charge in [-0.2, -0.15) is 0 Å². The molecule has 1 heteroatoms. The summed E-state index contributed by atoms with van der Waals surface area (Å²) in [4.78, 5) is 0. The maximum absolute atomic E-state index is 3.44. The molecule has 0 bridgehead atoms. The fourth-order valence-electron chi connectivity index (χ4n) is 1.55. The first-order chi connectivity index (χ1) is 6.66. The van der Waals surface area contributed by atoms with E-state index < -0.39 is 0 Å². The van der Waals surface area contributed by atoms with E-state index in [1.54, 1.807) is 5.57 Å². The Balaban J connectivity index is 3.17. The van der Waals surface area contributed by atoms with Gasteiger partial charge in [-0.15, -0.1) is 0 Å². The summed E-state index contributed by atoms with van der Waals surface area (Å²) in [7, 11) is 0. The molecule has 0 fully saturated rings. The van der Waals surface area contributed by atoms with Gasteiger partial charge in [0.15, 0.2) is 0 Å². The zero-order valence-corrected chi connectivity index (χ0v) is 10.4. The first kappa shape index (κ1) is 13.7. The zero-order valence-electron chi connectivity index (χ0n) is 10.4. The Morgan fingerprint density at radius 1 is 1.21 bits per heavy atom. The van der Waals surface area contributed by atoms with Gasteiger partial charge in [0.1, 0.15) is 0 Å². The van der Waals surface area contributed by atoms with Crippen LogP contribution in [-0.2, 0) is 0 Å². The van der Waals surface area contributed by atoms with Crippen molar-refractivity contribution in [3.05, 3.63) is 11.6 Å². The Labute approximate surface area is 90.0 Å². The van der Waals surface area contributed by atoms with Crippen molar-refractivity contribution in [2.24, 2.45) is 0 Å². The predicted octanol–water partition coefficient (Wildman–Crippen LogP) is 3.90. The summed E-state index contributed by atoms with van der Waals surface area (Å²) in [6.45, 7) is 10.0. The molecule has 0 aliphatic rings. The molecule has 1 N–H and O–H groups in total. The number of rotatable bonds is 8. The number of hydrogen-bond donors (Lipinski definition) is 1. The van der Waals surface area contributed by atoms with Crippen LogP contribution in [0.2, 0.25) is 0 Å². The maximum Gasteiger partial charge on any atom is 0.00103 e. The Bertz CT molecular complexity index is 147. The van der Waals surface area contributed by atoms with Gasteiger partial charge in [0.25, 0.3) is 0 Å². The third-order valence-electron chi connectivity index (χ3n) is 2.35. The van der Waals surface area contributed by atoms with Gasteiger partial charge in [0.05, 0.1) is 0 Å². The van der Waals surface area contributed by atoms with Crippen molar-refractivity contribution in [1.29, 1.82) is 0 Å². The lowest BCUT2D eigenvalue weighted by Gasteiger charge is -2.07. The molecule has 0 atom stereocenters. The third-order valence-corrected chi connectivity index (χ3v) is 2.35. The second kappa shape index (κ2) is 9.26. The van der Waals surface area contributed by atoms with Crippen LogP contribution < -0.4 is 5.32 Å². The number of hydrogen-bond acceptors (Lipinski definition) is 1. The molecule has 0 aliphatic heterocycles. The van der Waals surface area contributed by atoms with Crippen LogP contribution in [0.1, 0.15) is 59.8 Å². The Kier molecular flexibility index (Phi) is 9.06. The highest BCUT2D eigenvalue weighted by atomic mass is 14.9. The van der Waals surface area contributed by atoms with Crippen molar-refractivity contribution in [3.63, 3.8) is 0 Å². The summed E-state index contributed by atoms with van der Waals surface area (Å²) in [6.07, 6.45) is 8.83. The second-order valence-corrected chi connectivity index (χ2v) is 4.38. The maximum atomic E-state index is 3.44. The minimum Gasteiger partial charge on any atom is -0.315 e. The lowest BCUT2D eigenvalue weighted by molar-refractivity contribution is 0.548. The van der Waals surface area contributed by atoms with Crippen LogP contribution in [0, 0.1) is 0 Å². The SMILES string of the molecule is CC/C=C(/C)CCCCCNC(C)C. The Morgan fingerprint density at radius 3 is 2.50 bits per heavy atom. The smallest absolute Gasteiger partial charge is 0.00103 e. The highest BCUT2D eigenvalue weighted by Gasteiger charge is 1.93. The van der Waals surface area contributed by atoms with Crippen molar-refractivity contribution in [1.82, 2.24) is 5.32 Å². The lowest BCUT2D eigenvalue weighted by Crippen LogP contribution is -2.23. The van der Waals surface area contributed by atoms with Gasteiger partial charge < -0.3 is 5.32 Å². The van der Waals surface area contributed by atoms with Crippen molar-refractivity contribution in [3.8, 4) is 0 Å². The van der Waals surface area contributed by atoms with Crippen LogP contribution in [0.25, 0.3) is 0 Å². The largest absolute Gasteiger partial charge is 0.315 e. The molecule has 0 radical (unpaired) electrons. The van der Waals surface area contributed by atoms with Crippen LogP contribution in [-0.4, -0.2) is 12.6 Å². The monoisotopic (exact) mass is 197 g/mol. The minimum atomic E-state index is 0.636. The van der Waals surface area contributed by atoms with Crippen LogP contribution in [0.4, 0.5) is 0 Å². The molecule has 84 valence electrons. The second-order valence-electron chi connectivity index (χ2n) is 4.38. The van der Waals surface area contributed by atoms with Gasteiger partial charge >= 0.3 is 0 Å². The van der Waals surface area contributed by atoms with Crippen LogP contribution in [0.15, 0.2) is 11.6 Å². The van der Waals surface area contributed by atoms with E-state index in [0.29, 0.717) is 6.04 Å². The van der Waals surface area contributed by atoms with Gasteiger partial charge in [0, 0.05) is 6.04 Å². The third kappa shape index (κ3) is 9.79. The molecule has 0 amide bonds. The van der Waals surface area contributed by atoms with E-state index in [4.69, 9.17) is 0 Å². The van der Waals surface area contributed by atoms with Crippen LogP contribution in [0.3, 0.4) is 0 Å². The molecule has 0 aromatic rings. The topological polar surface area (TPSA) is 12.0 Å². The summed E-state index contributed by atoms with van der Waals surface area (Å²) in [5.41, 5.74) is 1.56. The van der Waals surface area contributed by atoms with E-state index in [1.165, 1.54) is 38.6 Å². The molecule has 0 spiro atoms. The fourth-order valence-corrected chi connectivity index (χ4v) is 1.55. The highest BCUT2D eigenvalue weighted by molar-refractivity contribution is 4.96. The summed E-state index contributed by atoms with van der Waals surface area (Å²) >= 11 is 0. The molecular weight excluding hydrogens is 170 g/mol. The minimum absolute atomic E-state index is 0.636. The van der Waals surface area contributed by atoms with Crippen molar-refractivity contribution in [2.75, 3.05) is 6.54 Å². The molecule has 0 aromatic carbocycles. The molecule has 0 heterocycles. The fraction of sp³-hybridized carbons (Fsp3) is 0.846. The molecule has 14 heavy (non-hydrogen) atoms. The number of allylic oxidation sites excluding steroid dienone is 2. The van der Waals surface area contributed by atoms with Gasteiger partial charge in [-0.25, -0.2) is 0 Å². The van der Waals surface area contributed by atoms with Gasteiger partial charge in [-0.3, -0.25) is 0 Å². The quantitative estimate of drug-likeness (QED) is 0.459. The van der Waals surface area contributed by atoms with Crippen molar-refractivity contribution < 1.29 is 0 Å². The molecular formula is C13H27N. The van der Waals surface area contributed by atoms with Gasteiger partial charge in [-0.05, 0) is 39.2 Å². The van der Waals surface area contributed by atoms with E-state index in [2.05, 4.69) is 39.1 Å². The van der Waals surface area contributed by atoms with E-state index >= 15 is 0 Å². The highest BCUT2D eigenvalue weighted by Crippen LogP contribution is 2.08. The van der Waals surface area contributed by atoms with Gasteiger partial charge in [-0.1, -0.05) is 38.8 Å². The number of nitrogens with one attached hydrogen (secondary N) is 1. The average molecular weight is 197 g/mol. The van der Waals surface area contributed by atoms with E-state index in [9.17, 15) is 0 Å². The van der Waals surface area contributed by atoms with Crippen molar-refractivity contribution in [2.45, 2.75) is 65.8 Å².